The lowest BCUT2D eigenvalue weighted by atomic mass is 9.91. The van der Waals surface area contributed by atoms with E-state index in [-0.39, 0.29) is 12.0 Å². The van der Waals surface area contributed by atoms with Gasteiger partial charge < -0.3 is 19.0 Å². The van der Waals surface area contributed by atoms with E-state index in [1.165, 1.54) is 18.9 Å². The fourth-order valence-corrected chi connectivity index (χ4v) is 3.55. The molecule has 0 amide bonds. The van der Waals surface area contributed by atoms with Crippen LogP contribution in [0.5, 0.6) is 5.75 Å². The standard InChI is InChI=1S/C20H20N2O5/c1-25-18(23)11-14(17-3-2-7-26-17)19-15(21-22-20(19)24)10-12-4-5-16-13(9-12)6-8-27-16/h2-5,7,9,14H,6,8,10-11H2,1H3,(H2,21,22,24)/t14-/m1/s1. The van der Waals surface area contributed by atoms with E-state index in [9.17, 15) is 9.59 Å². The maximum Gasteiger partial charge on any atom is 0.306 e. The van der Waals surface area contributed by atoms with Gasteiger partial charge in [0.05, 0.1) is 37.9 Å². The minimum absolute atomic E-state index is 0.0238. The van der Waals surface area contributed by atoms with Crippen molar-refractivity contribution in [2.24, 2.45) is 0 Å². The molecule has 2 N–H and O–H groups in total. The second-order valence-corrected chi connectivity index (χ2v) is 6.54. The number of aromatic amines is 2. The Morgan fingerprint density at radius 1 is 1.30 bits per heavy atom. The molecule has 0 unspecified atom stereocenters. The summed E-state index contributed by atoms with van der Waals surface area (Å²) in [6.45, 7) is 0.699. The Morgan fingerprint density at radius 3 is 2.96 bits per heavy atom. The van der Waals surface area contributed by atoms with Crippen LogP contribution in [-0.4, -0.2) is 29.9 Å². The van der Waals surface area contributed by atoms with E-state index < -0.39 is 11.9 Å². The summed E-state index contributed by atoms with van der Waals surface area (Å²) in [5.74, 6) is 0.544. The monoisotopic (exact) mass is 368 g/mol. The molecule has 3 heterocycles. The third-order valence-corrected chi connectivity index (χ3v) is 4.86. The maximum atomic E-state index is 12.5. The number of carbonyl (C=O) groups excluding carboxylic acids is 1. The number of benzene rings is 1. The molecule has 1 aromatic carbocycles. The van der Waals surface area contributed by atoms with Crippen molar-refractivity contribution in [2.45, 2.75) is 25.2 Å². The van der Waals surface area contributed by atoms with Crippen LogP contribution in [-0.2, 0) is 22.4 Å². The van der Waals surface area contributed by atoms with Gasteiger partial charge >= 0.3 is 5.97 Å². The Kier molecular flexibility index (Phi) is 4.58. The molecule has 1 aliphatic rings. The average molecular weight is 368 g/mol. The number of rotatable bonds is 6. The van der Waals surface area contributed by atoms with E-state index in [1.807, 2.05) is 12.1 Å². The van der Waals surface area contributed by atoms with E-state index in [0.29, 0.717) is 24.4 Å². The van der Waals surface area contributed by atoms with Crippen molar-refractivity contribution >= 4 is 5.97 Å². The minimum atomic E-state index is -0.518. The highest BCUT2D eigenvalue weighted by molar-refractivity contribution is 5.71. The second kappa shape index (κ2) is 7.19. The Hall–Kier alpha value is -3.22. The summed E-state index contributed by atoms with van der Waals surface area (Å²) in [4.78, 5) is 24.4. The lowest BCUT2D eigenvalue weighted by molar-refractivity contribution is -0.140. The van der Waals surface area contributed by atoms with Crippen molar-refractivity contribution in [3.8, 4) is 5.75 Å². The molecule has 7 nitrogen and oxygen atoms in total. The summed E-state index contributed by atoms with van der Waals surface area (Å²) >= 11 is 0. The molecule has 140 valence electrons. The largest absolute Gasteiger partial charge is 0.493 e. The van der Waals surface area contributed by atoms with E-state index in [2.05, 4.69) is 16.3 Å². The number of methoxy groups -OCH3 is 1. The lowest BCUT2D eigenvalue weighted by Gasteiger charge is -2.13. The number of aromatic nitrogens is 2. The molecule has 0 saturated carbocycles. The number of carbonyl (C=O) groups is 1. The number of H-pyrrole nitrogens is 2. The zero-order chi connectivity index (χ0) is 18.8. The van der Waals surface area contributed by atoms with Crippen LogP contribution in [0.25, 0.3) is 0 Å². The molecule has 2 aromatic heterocycles. The van der Waals surface area contributed by atoms with Gasteiger partial charge in [0.1, 0.15) is 11.5 Å². The van der Waals surface area contributed by atoms with Gasteiger partial charge in [-0.15, -0.1) is 0 Å². The van der Waals surface area contributed by atoms with Gasteiger partial charge in [0.25, 0.3) is 5.56 Å². The summed E-state index contributed by atoms with van der Waals surface area (Å²) in [6.07, 6.45) is 2.97. The van der Waals surface area contributed by atoms with Gasteiger partial charge in [0.15, 0.2) is 0 Å². The van der Waals surface area contributed by atoms with E-state index in [0.717, 1.165) is 23.4 Å². The molecule has 3 aromatic rings. The van der Waals surface area contributed by atoms with Crippen LogP contribution in [0.4, 0.5) is 0 Å². The first-order valence-electron chi connectivity index (χ1n) is 8.80. The quantitative estimate of drug-likeness (QED) is 0.652. The van der Waals surface area contributed by atoms with Crippen LogP contribution >= 0.6 is 0 Å². The summed E-state index contributed by atoms with van der Waals surface area (Å²) in [5, 5.41) is 5.61. The molecule has 0 bridgehead atoms. The van der Waals surface area contributed by atoms with Crippen LogP contribution in [0.2, 0.25) is 0 Å². The number of fused-ring (bicyclic) bond motifs is 1. The highest BCUT2D eigenvalue weighted by atomic mass is 16.5. The van der Waals surface area contributed by atoms with Crippen molar-refractivity contribution < 1.29 is 18.7 Å². The van der Waals surface area contributed by atoms with E-state index in [4.69, 9.17) is 13.9 Å². The number of hydrogen-bond acceptors (Lipinski definition) is 5. The van der Waals surface area contributed by atoms with Gasteiger partial charge in [-0.1, -0.05) is 12.1 Å². The second-order valence-electron chi connectivity index (χ2n) is 6.54. The van der Waals surface area contributed by atoms with Crippen molar-refractivity contribution in [2.75, 3.05) is 13.7 Å². The van der Waals surface area contributed by atoms with Gasteiger partial charge in [-0.05, 0) is 29.3 Å². The Balaban J connectivity index is 1.69. The topological polar surface area (TPSA) is 97.3 Å². The van der Waals surface area contributed by atoms with Gasteiger partial charge in [0.2, 0.25) is 0 Å². The molecular formula is C20H20N2O5. The molecular weight excluding hydrogens is 348 g/mol. The van der Waals surface area contributed by atoms with E-state index >= 15 is 0 Å². The molecule has 1 atom stereocenters. The predicted molar refractivity (Wildman–Crippen MR) is 97.0 cm³/mol. The molecule has 7 heteroatoms. The van der Waals surface area contributed by atoms with Crippen LogP contribution in [0, 0.1) is 0 Å². The summed E-state index contributed by atoms with van der Waals surface area (Å²) in [6, 6.07) is 9.54. The number of hydrogen-bond donors (Lipinski definition) is 2. The molecule has 0 spiro atoms. The molecule has 27 heavy (non-hydrogen) atoms. The van der Waals surface area contributed by atoms with Crippen LogP contribution in [0.3, 0.4) is 0 Å². The Morgan fingerprint density at radius 2 is 2.19 bits per heavy atom. The SMILES string of the molecule is COC(=O)C[C@H](c1ccco1)c1c(Cc2ccc3c(c2)CCO3)[nH][nH]c1=O. The Labute approximate surface area is 155 Å². The first kappa shape index (κ1) is 17.2. The van der Waals surface area contributed by atoms with Crippen LogP contribution in [0.1, 0.15) is 40.5 Å². The zero-order valence-corrected chi connectivity index (χ0v) is 14.9. The molecule has 0 saturated heterocycles. The molecule has 0 aliphatic carbocycles. The minimum Gasteiger partial charge on any atom is -0.493 e. The van der Waals surface area contributed by atoms with Gasteiger partial charge in [-0.3, -0.25) is 14.7 Å². The molecule has 4 rings (SSSR count). The summed E-state index contributed by atoms with van der Waals surface area (Å²) in [7, 11) is 1.33. The molecule has 0 fully saturated rings. The van der Waals surface area contributed by atoms with E-state index in [1.54, 1.807) is 12.1 Å². The van der Waals surface area contributed by atoms with Crippen molar-refractivity contribution in [3.63, 3.8) is 0 Å². The number of esters is 1. The first-order valence-corrected chi connectivity index (χ1v) is 8.80. The Bertz CT molecular complexity index is 1000. The predicted octanol–water partition coefficient (Wildman–Crippen LogP) is 2.52. The molecule has 0 radical (unpaired) electrons. The maximum absolute atomic E-state index is 12.5. The van der Waals surface area contributed by atoms with Crippen LogP contribution in [0.15, 0.2) is 45.8 Å². The number of ether oxygens (including phenoxy) is 2. The average Bonchev–Trinajstić information content (AvgIpc) is 3.41. The van der Waals surface area contributed by atoms with Crippen molar-refractivity contribution in [1.29, 1.82) is 0 Å². The first-order chi connectivity index (χ1) is 13.2. The molecule has 1 aliphatic heterocycles. The smallest absolute Gasteiger partial charge is 0.306 e. The fraction of sp³-hybridized carbons (Fsp3) is 0.300. The van der Waals surface area contributed by atoms with Crippen molar-refractivity contribution in [3.05, 3.63) is 75.1 Å². The third-order valence-electron chi connectivity index (χ3n) is 4.86. The lowest BCUT2D eigenvalue weighted by Crippen LogP contribution is -2.17. The van der Waals surface area contributed by atoms with Crippen LogP contribution < -0.4 is 10.3 Å². The van der Waals surface area contributed by atoms with Gasteiger partial charge in [-0.25, -0.2) is 0 Å². The zero-order valence-electron chi connectivity index (χ0n) is 14.9. The summed E-state index contributed by atoms with van der Waals surface area (Å²) < 4.78 is 15.8. The summed E-state index contributed by atoms with van der Waals surface area (Å²) in [5.41, 5.74) is 3.19. The number of nitrogens with one attached hydrogen (secondary N) is 2. The normalized spacial score (nSPS) is 13.8. The van der Waals surface area contributed by atoms with Gasteiger partial charge in [-0.2, -0.15) is 0 Å². The van der Waals surface area contributed by atoms with Gasteiger partial charge in [0, 0.05) is 18.5 Å². The number of furan rings is 1. The van der Waals surface area contributed by atoms with Crippen molar-refractivity contribution in [1.82, 2.24) is 10.2 Å². The fourth-order valence-electron chi connectivity index (χ4n) is 3.55. The highest BCUT2D eigenvalue weighted by Gasteiger charge is 2.28. The third kappa shape index (κ3) is 3.40. The highest BCUT2D eigenvalue weighted by Crippen LogP contribution is 2.31.